The topological polar surface area (TPSA) is 17.8 Å². The largest absolute Gasteiger partial charge is 0.269 e. The van der Waals surface area contributed by atoms with Crippen molar-refractivity contribution in [2.45, 2.75) is 57.9 Å². The molecular weight excluding hydrogens is 232 g/mol. The molecule has 0 spiro atoms. The number of aromatic nitrogens is 2. The highest BCUT2D eigenvalue weighted by molar-refractivity contribution is 6.21. The van der Waals surface area contributed by atoms with Gasteiger partial charge in [-0.3, -0.25) is 4.68 Å². The number of halogens is 1. The number of hydrogen-bond donors (Lipinski definition) is 0. The summed E-state index contributed by atoms with van der Waals surface area (Å²) in [5, 5.41) is 4.72. The summed E-state index contributed by atoms with van der Waals surface area (Å²) < 4.78 is 2.10. The van der Waals surface area contributed by atoms with E-state index in [1.54, 1.807) is 0 Å². The first-order valence-corrected chi connectivity index (χ1v) is 6.99. The lowest BCUT2D eigenvalue weighted by Crippen LogP contribution is -2.04. The molecule has 0 bridgehead atoms. The molecule has 3 heteroatoms. The number of rotatable bonds is 3. The van der Waals surface area contributed by atoms with Gasteiger partial charge in [0.15, 0.2) is 0 Å². The Morgan fingerprint density at radius 1 is 1.47 bits per heavy atom. The second-order valence-electron chi connectivity index (χ2n) is 4.86. The van der Waals surface area contributed by atoms with Crippen molar-refractivity contribution in [1.29, 1.82) is 0 Å². The molecule has 0 N–H and O–H groups in total. The van der Waals surface area contributed by atoms with Gasteiger partial charge in [-0.1, -0.05) is 18.1 Å². The molecule has 2 nitrogen and oxygen atoms in total. The highest BCUT2D eigenvalue weighted by Crippen LogP contribution is 2.24. The van der Waals surface area contributed by atoms with Crippen molar-refractivity contribution >= 4 is 11.6 Å². The van der Waals surface area contributed by atoms with Gasteiger partial charge in [0.05, 0.1) is 11.1 Å². The lowest BCUT2D eigenvalue weighted by Gasteiger charge is -2.08. The molecule has 1 unspecified atom stereocenters. The maximum atomic E-state index is 6.26. The SMILES string of the molecule is CCn1nc(C)cc1CC1=CC(Cl)CCCC1. The summed E-state index contributed by atoms with van der Waals surface area (Å²) in [6.45, 7) is 5.14. The third kappa shape index (κ3) is 3.35. The van der Waals surface area contributed by atoms with E-state index in [1.165, 1.54) is 30.5 Å². The van der Waals surface area contributed by atoms with Gasteiger partial charge in [-0.2, -0.15) is 5.10 Å². The average molecular weight is 253 g/mol. The molecule has 17 heavy (non-hydrogen) atoms. The fourth-order valence-corrected chi connectivity index (χ4v) is 2.84. The average Bonchev–Trinajstić information content (AvgIpc) is 2.50. The zero-order chi connectivity index (χ0) is 12.3. The quantitative estimate of drug-likeness (QED) is 0.590. The van der Waals surface area contributed by atoms with Crippen LogP contribution in [0.2, 0.25) is 0 Å². The predicted molar refractivity (Wildman–Crippen MR) is 72.5 cm³/mol. The zero-order valence-corrected chi connectivity index (χ0v) is 11.5. The lowest BCUT2D eigenvalue weighted by atomic mass is 10.0. The molecule has 0 saturated heterocycles. The van der Waals surface area contributed by atoms with E-state index in [1.807, 2.05) is 0 Å². The number of alkyl halides is 1. The molecule has 1 atom stereocenters. The first-order valence-electron chi connectivity index (χ1n) is 6.56. The number of nitrogens with zero attached hydrogens (tertiary/aromatic N) is 2. The normalized spacial score (nSPS) is 21.1. The highest BCUT2D eigenvalue weighted by Gasteiger charge is 2.12. The van der Waals surface area contributed by atoms with E-state index in [9.17, 15) is 0 Å². The standard InChI is InChI=1S/C14H21ClN2/c1-3-17-14(8-11(2)16-17)10-12-6-4-5-7-13(15)9-12/h8-9,13H,3-7,10H2,1-2H3. The Morgan fingerprint density at radius 3 is 3.06 bits per heavy atom. The molecule has 1 aliphatic carbocycles. The van der Waals surface area contributed by atoms with E-state index in [4.69, 9.17) is 11.6 Å². The molecule has 0 fully saturated rings. The lowest BCUT2D eigenvalue weighted by molar-refractivity contribution is 0.619. The van der Waals surface area contributed by atoms with E-state index in [0.717, 1.165) is 25.1 Å². The molecule has 0 aromatic carbocycles. The van der Waals surface area contributed by atoms with Crippen molar-refractivity contribution in [1.82, 2.24) is 9.78 Å². The van der Waals surface area contributed by atoms with Crippen LogP contribution in [0.15, 0.2) is 17.7 Å². The molecule has 0 aliphatic heterocycles. The first-order chi connectivity index (χ1) is 8.19. The number of aryl methyl sites for hydroxylation is 2. The summed E-state index contributed by atoms with van der Waals surface area (Å²) in [6, 6.07) is 2.19. The van der Waals surface area contributed by atoms with Crippen LogP contribution in [0.5, 0.6) is 0 Å². The third-order valence-corrected chi connectivity index (χ3v) is 3.68. The third-order valence-electron chi connectivity index (χ3n) is 3.34. The Bertz CT molecular complexity index is 406. The smallest absolute Gasteiger partial charge is 0.0596 e. The number of allylic oxidation sites excluding steroid dienone is 2. The van der Waals surface area contributed by atoms with E-state index in [-0.39, 0.29) is 5.38 Å². The van der Waals surface area contributed by atoms with Gasteiger partial charge in [0.1, 0.15) is 0 Å². The summed E-state index contributed by atoms with van der Waals surface area (Å²) in [5.74, 6) is 0. The highest BCUT2D eigenvalue weighted by atomic mass is 35.5. The molecule has 2 rings (SSSR count). The summed E-state index contributed by atoms with van der Waals surface area (Å²) in [4.78, 5) is 0. The van der Waals surface area contributed by atoms with E-state index < -0.39 is 0 Å². The van der Waals surface area contributed by atoms with Gasteiger partial charge in [0.25, 0.3) is 0 Å². The minimum absolute atomic E-state index is 0.228. The summed E-state index contributed by atoms with van der Waals surface area (Å²) in [7, 11) is 0. The van der Waals surface area contributed by atoms with Crippen LogP contribution < -0.4 is 0 Å². The van der Waals surface area contributed by atoms with E-state index >= 15 is 0 Å². The maximum absolute atomic E-state index is 6.26. The Labute approximate surface area is 109 Å². The van der Waals surface area contributed by atoms with E-state index in [0.29, 0.717) is 0 Å². The van der Waals surface area contributed by atoms with Crippen molar-refractivity contribution in [2.75, 3.05) is 0 Å². The van der Waals surface area contributed by atoms with Crippen LogP contribution in [0.1, 0.15) is 44.0 Å². The maximum Gasteiger partial charge on any atom is 0.0596 e. The van der Waals surface area contributed by atoms with Crippen LogP contribution in [0.3, 0.4) is 0 Å². The van der Waals surface area contributed by atoms with Crippen LogP contribution >= 0.6 is 11.6 Å². The summed E-state index contributed by atoms with van der Waals surface area (Å²) >= 11 is 6.26. The second kappa shape index (κ2) is 5.72. The summed E-state index contributed by atoms with van der Waals surface area (Å²) in [6.07, 6.45) is 8.11. The molecule has 1 heterocycles. The molecule has 1 aromatic heterocycles. The van der Waals surface area contributed by atoms with Crippen molar-refractivity contribution in [2.24, 2.45) is 0 Å². The second-order valence-corrected chi connectivity index (χ2v) is 5.42. The van der Waals surface area contributed by atoms with Crippen molar-refractivity contribution in [3.05, 3.63) is 29.1 Å². The van der Waals surface area contributed by atoms with Crippen LogP contribution in [0.4, 0.5) is 0 Å². The molecule has 1 aliphatic rings. The number of hydrogen-bond acceptors (Lipinski definition) is 1. The van der Waals surface area contributed by atoms with Gasteiger partial charge in [0.2, 0.25) is 0 Å². The monoisotopic (exact) mass is 252 g/mol. The van der Waals surface area contributed by atoms with Gasteiger partial charge >= 0.3 is 0 Å². The molecule has 0 saturated carbocycles. The van der Waals surface area contributed by atoms with Gasteiger partial charge in [-0.05, 0) is 39.2 Å². The van der Waals surface area contributed by atoms with Crippen molar-refractivity contribution in [3.8, 4) is 0 Å². The fraction of sp³-hybridized carbons (Fsp3) is 0.643. The molecular formula is C14H21ClN2. The molecule has 0 radical (unpaired) electrons. The van der Waals surface area contributed by atoms with Crippen LogP contribution in [-0.4, -0.2) is 15.2 Å². The zero-order valence-electron chi connectivity index (χ0n) is 10.7. The Kier molecular flexibility index (Phi) is 4.27. The molecule has 94 valence electrons. The van der Waals surface area contributed by atoms with Crippen LogP contribution in [0, 0.1) is 6.92 Å². The van der Waals surface area contributed by atoms with Crippen LogP contribution in [0.25, 0.3) is 0 Å². The Morgan fingerprint density at radius 2 is 2.29 bits per heavy atom. The molecule has 0 amide bonds. The minimum Gasteiger partial charge on any atom is -0.269 e. The van der Waals surface area contributed by atoms with Crippen LogP contribution in [-0.2, 0) is 13.0 Å². The van der Waals surface area contributed by atoms with Gasteiger partial charge < -0.3 is 0 Å². The van der Waals surface area contributed by atoms with Crippen molar-refractivity contribution in [3.63, 3.8) is 0 Å². The molecule has 1 aromatic rings. The summed E-state index contributed by atoms with van der Waals surface area (Å²) in [5.41, 5.74) is 3.91. The van der Waals surface area contributed by atoms with E-state index in [2.05, 4.69) is 35.8 Å². The van der Waals surface area contributed by atoms with Gasteiger partial charge in [-0.25, -0.2) is 0 Å². The fourth-order valence-electron chi connectivity index (χ4n) is 2.51. The Balaban J connectivity index is 2.13. The van der Waals surface area contributed by atoms with Gasteiger partial charge in [-0.15, -0.1) is 11.6 Å². The first kappa shape index (κ1) is 12.7. The van der Waals surface area contributed by atoms with Crippen molar-refractivity contribution < 1.29 is 0 Å². The van der Waals surface area contributed by atoms with Gasteiger partial charge in [0, 0.05) is 18.7 Å². The minimum atomic E-state index is 0.228. The Hall–Kier alpha value is -0.760. The predicted octanol–water partition coefficient (Wildman–Crippen LogP) is 3.86.